The average molecular weight is 329 g/mol. The summed E-state index contributed by atoms with van der Waals surface area (Å²) in [6.45, 7) is 0.517. The molecule has 2 aromatic heterocycles. The van der Waals surface area contributed by atoms with Crippen LogP contribution in [0.25, 0.3) is 10.1 Å². The van der Waals surface area contributed by atoms with Gasteiger partial charge in [-0.1, -0.05) is 23.4 Å². The lowest BCUT2D eigenvalue weighted by atomic mass is 10.0. The molecule has 7 heteroatoms. The van der Waals surface area contributed by atoms with Gasteiger partial charge in [-0.2, -0.15) is 0 Å². The van der Waals surface area contributed by atoms with Crippen molar-refractivity contribution in [2.75, 3.05) is 20.6 Å². The molecule has 0 spiro atoms. The summed E-state index contributed by atoms with van der Waals surface area (Å²) < 4.78 is 2.78. The number of carbonyl (C=O) groups excluding carboxylic acids is 1. The number of hydrogen-bond acceptors (Lipinski definition) is 5. The maximum absolute atomic E-state index is 12.2. The van der Waals surface area contributed by atoms with Gasteiger partial charge in [0.1, 0.15) is 0 Å². The van der Waals surface area contributed by atoms with Crippen LogP contribution in [0.4, 0.5) is 0 Å². The van der Waals surface area contributed by atoms with E-state index in [0.29, 0.717) is 12.2 Å². The molecule has 6 nitrogen and oxygen atoms in total. The van der Waals surface area contributed by atoms with Crippen LogP contribution in [0.2, 0.25) is 0 Å². The lowest BCUT2D eigenvalue weighted by Crippen LogP contribution is -2.34. The molecule has 1 aromatic carbocycles. The summed E-state index contributed by atoms with van der Waals surface area (Å²) in [5, 5.41) is 14.0. The molecule has 0 saturated carbocycles. The molecule has 120 valence electrons. The van der Waals surface area contributed by atoms with Gasteiger partial charge in [0.15, 0.2) is 5.69 Å². The van der Waals surface area contributed by atoms with E-state index in [1.807, 2.05) is 26.2 Å². The number of nitrogens with zero attached hydrogens (tertiary/aromatic N) is 4. The van der Waals surface area contributed by atoms with E-state index in [2.05, 4.69) is 38.0 Å². The highest BCUT2D eigenvalue weighted by Gasteiger charge is 2.20. The van der Waals surface area contributed by atoms with E-state index in [9.17, 15) is 4.79 Å². The number of carbonyl (C=O) groups is 1. The monoisotopic (exact) mass is 329 g/mol. The normalized spacial score (nSPS) is 12.7. The molecular formula is C16H19N5OS. The molecule has 1 atom stereocenters. The van der Waals surface area contributed by atoms with Crippen LogP contribution in [0.1, 0.15) is 22.1 Å². The second-order valence-electron chi connectivity index (χ2n) is 5.65. The average Bonchev–Trinajstić information content (AvgIpc) is 3.14. The van der Waals surface area contributed by atoms with Gasteiger partial charge in [-0.05, 0) is 36.5 Å². The van der Waals surface area contributed by atoms with Crippen LogP contribution in [0.3, 0.4) is 0 Å². The van der Waals surface area contributed by atoms with E-state index >= 15 is 0 Å². The molecule has 3 rings (SSSR count). The fourth-order valence-corrected chi connectivity index (χ4v) is 3.57. The Labute approximate surface area is 138 Å². The molecule has 0 aliphatic rings. The van der Waals surface area contributed by atoms with Gasteiger partial charge in [-0.25, -0.2) is 0 Å². The van der Waals surface area contributed by atoms with Gasteiger partial charge in [-0.15, -0.1) is 16.4 Å². The molecule has 0 fully saturated rings. The second kappa shape index (κ2) is 6.47. The number of benzene rings is 1. The van der Waals surface area contributed by atoms with Crippen molar-refractivity contribution in [3.63, 3.8) is 0 Å². The first kappa shape index (κ1) is 15.6. The third kappa shape index (κ3) is 3.25. The predicted octanol–water partition coefficient (Wildman–Crippen LogP) is 2.06. The van der Waals surface area contributed by atoms with E-state index in [1.165, 1.54) is 20.3 Å². The maximum atomic E-state index is 12.2. The van der Waals surface area contributed by atoms with Gasteiger partial charge in [0.25, 0.3) is 5.91 Å². The summed E-state index contributed by atoms with van der Waals surface area (Å²) in [7, 11) is 5.78. The van der Waals surface area contributed by atoms with Crippen molar-refractivity contribution in [3.8, 4) is 0 Å². The molecular weight excluding hydrogens is 310 g/mol. The first-order valence-corrected chi connectivity index (χ1v) is 8.21. The standard InChI is InChI=1S/C16H19N5OS/c1-20(2)14(8-17-16(22)13-9-21(3)19-18-13)12-10-23-15-7-5-4-6-11(12)15/h4-7,9-10,14H,8H2,1-3H3,(H,17,22). The second-order valence-corrected chi connectivity index (χ2v) is 6.57. The highest BCUT2D eigenvalue weighted by Crippen LogP contribution is 2.31. The van der Waals surface area contributed by atoms with Crippen LogP contribution < -0.4 is 5.32 Å². The van der Waals surface area contributed by atoms with Crippen LogP contribution >= 0.6 is 11.3 Å². The molecule has 1 amide bonds. The number of aromatic nitrogens is 3. The molecule has 0 saturated heterocycles. The minimum absolute atomic E-state index is 0.103. The number of amides is 1. The van der Waals surface area contributed by atoms with Crippen molar-refractivity contribution in [2.45, 2.75) is 6.04 Å². The van der Waals surface area contributed by atoms with Crippen molar-refractivity contribution < 1.29 is 4.79 Å². The summed E-state index contributed by atoms with van der Waals surface area (Å²) >= 11 is 1.73. The van der Waals surface area contributed by atoms with Crippen LogP contribution in [-0.2, 0) is 7.05 Å². The van der Waals surface area contributed by atoms with Gasteiger partial charge in [0, 0.05) is 18.3 Å². The van der Waals surface area contributed by atoms with Crippen molar-refractivity contribution in [1.29, 1.82) is 0 Å². The van der Waals surface area contributed by atoms with Crippen LogP contribution in [0.15, 0.2) is 35.8 Å². The summed E-state index contributed by atoms with van der Waals surface area (Å²) in [5.74, 6) is -0.204. The van der Waals surface area contributed by atoms with Gasteiger partial charge in [0.2, 0.25) is 0 Å². The van der Waals surface area contributed by atoms with Crippen molar-refractivity contribution in [2.24, 2.45) is 7.05 Å². The topological polar surface area (TPSA) is 63.1 Å². The minimum atomic E-state index is -0.204. The van der Waals surface area contributed by atoms with Gasteiger partial charge < -0.3 is 10.2 Å². The molecule has 2 heterocycles. The number of likely N-dealkylation sites (N-methyl/N-ethyl adjacent to an activating group) is 1. The van der Waals surface area contributed by atoms with Gasteiger partial charge >= 0.3 is 0 Å². The predicted molar refractivity (Wildman–Crippen MR) is 91.6 cm³/mol. The summed E-state index contributed by atoms with van der Waals surface area (Å²) in [4.78, 5) is 14.3. The number of rotatable bonds is 5. The van der Waals surface area contributed by atoms with Crippen molar-refractivity contribution in [1.82, 2.24) is 25.2 Å². The van der Waals surface area contributed by atoms with E-state index < -0.39 is 0 Å². The quantitative estimate of drug-likeness (QED) is 0.778. The zero-order valence-corrected chi connectivity index (χ0v) is 14.2. The highest BCUT2D eigenvalue weighted by atomic mass is 32.1. The zero-order valence-electron chi connectivity index (χ0n) is 13.4. The molecule has 0 radical (unpaired) electrons. The molecule has 0 aliphatic carbocycles. The number of thiophene rings is 1. The molecule has 0 bridgehead atoms. The zero-order chi connectivity index (χ0) is 16.4. The number of aryl methyl sites for hydroxylation is 1. The number of nitrogens with one attached hydrogen (secondary N) is 1. The Hall–Kier alpha value is -2.25. The first-order valence-electron chi connectivity index (χ1n) is 7.33. The molecule has 23 heavy (non-hydrogen) atoms. The minimum Gasteiger partial charge on any atom is -0.349 e. The third-order valence-electron chi connectivity index (χ3n) is 3.78. The Morgan fingerprint density at radius 1 is 1.39 bits per heavy atom. The van der Waals surface area contributed by atoms with Crippen LogP contribution in [-0.4, -0.2) is 46.4 Å². The fraction of sp³-hybridized carbons (Fsp3) is 0.312. The maximum Gasteiger partial charge on any atom is 0.273 e. The van der Waals surface area contributed by atoms with E-state index in [4.69, 9.17) is 0 Å². The Balaban J connectivity index is 1.78. The first-order chi connectivity index (χ1) is 11.1. The SMILES string of the molecule is CN(C)C(CNC(=O)c1cn(C)nn1)c1csc2ccccc12. The Kier molecular flexibility index (Phi) is 4.40. The Morgan fingerprint density at radius 2 is 2.17 bits per heavy atom. The van der Waals surface area contributed by atoms with E-state index in [1.54, 1.807) is 24.6 Å². The Morgan fingerprint density at radius 3 is 2.87 bits per heavy atom. The summed E-state index contributed by atoms with van der Waals surface area (Å²) in [6.07, 6.45) is 1.61. The number of fused-ring (bicyclic) bond motifs is 1. The number of hydrogen-bond donors (Lipinski definition) is 1. The smallest absolute Gasteiger partial charge is 0.273 e. The van der Waals surface area contributed by atoms with Crippen LogP contribution in [0.5, 0.6) is 0 Å². The molecule has 1 N–H and O–H groups in total. The van der Waals surface area contributed by atoms with Gasteiger partial charge in [-0.3, -0.25) is 9.48 Å². The molecule has 1 unspecified atom stereocenters. The van der Waals surface area contributed by atoms with Crippen molar-refractivity contribution >= 4 is 27.3 Å². The van der Waals surface area contributed by atoms with E-state index in [0.717, 1.165) is 0 Å². The molecule has 0 aliphatic heterocycles. The van der Waals surface area contributed by atoms with Gasteiger partial charge in [0.05, 0.1) is 12.2 Å². The van der Waals surface area contributed by atoms with Crippen LogP contribution in [0, 0.1) is 0 Å². The third-order valence-corrected chi connectivity index (χ3v) is 4.77. The lowest BCUT2D eigenvalue weighted by molar-refractivity contribution is 0.0937. The largest absolute Gasteiger partial charge is 0.349 e. The summed E-state index contributed by atoms with van der Waals surface area (Å²) in [6, 6.07) is 8.44. The fourth-order valence-electron chi connectivity index (χ4n) is 2.56. The van der Waals surface area contributed by atoms with E-state index in [-0.39, 0.29) is 11.9 Å². The molecule has 3 aromatic rings. The highest BCUT2D eigenvalue weighted by molar-refractivity contribution is 7.17. The Bertz CT molecular complexity index is 823. The lowest BCUT2D eigenvalue weighted by Gasteiger charge is -2.24. The summed E-state index contributed by atoms with van der Waals surface area (Å²) in [5.41, 5.74) is 1.57. The van der Waals surface area contributed by atoms with Crippen molar-refractivity contribution in [3.05, 3.63) is 47.1 Å².